The van der Waals surface area contributed by atoms with Crippen molar-refractivity contribution in [2.45, 2.75) is 366 Å². The van der Waals surface area contributed by atoms with Gasteiger partial charge in [-0.25, -0.2) is 0 Å². The molecule has 0 radical (unpaired) electrons. The number of aliphatic hydroxyl groups is 2. The Balaban J connectivity index is 3.39. The van der Waals surface area contributed by atoms with Gasteiger partial charge in [0.05, 0.1) is 25.4 Å². The van der Waals surface area contributed by atoms with Crippen LogP contribution in [0.5, 0.6) is 0 Å². The molecule has 73 heavy (non-hydrogen) atoms. The summed E-state index contributed by atoms with van der Waals surface area (Å²) < 4.78 is 5.49. The van der Waals surface area contributed by atoms with Gasteiger partial charge >= 0.3 is 5.97 Å². The van der Waals surface area contributed by atoms with Crippen LogP contribution in [0, 0.1) is 0 Å². The first-order chi connectivity index (χ1) is 36.0. The number of unbranched alkanes of at least 4 members (excludes halogenated alkanes) is 46. The number of ether oxygens (including phenoxy) is 1. The number of allylic oxidation sites excluding steroid dienone is 5. The SMILES string of the molecule is CCCCC/C=C\C/C=C\CCCCCCCCCC(=O)OCCCCCCCCCCCCCCCCCCCCCCCCCC(=O)NC(CO)C(O)/C=C/CCCCCCCCCCCCCCCC. The Kier molecular flexibility index (Phi) is 61.0. The highest BCUT2D eigenvalue weighted by Crippen LogP contribution is 2.18. The predicted octanol–water partition coefficient (Wildman–Crippen LogP) is 20.8. The Labute approximate surface area is 455 Å². The van der Waals surface area contributed by atoms with Crippen LogP contribution in [0.25, 0.3) is 0 Å². The van der Waals surface area contributed by atoms with Gasteiger partial charge in [-0.2, -0.15) is 0 Å². The van der Waals surface area contributed by atoms with Crippen molar-refractivity contribution in [3.8, 4) is 0 Å². The molecule has 3 N–H and O–H groups in total. The zero-order chi connectivity index (χ0) is 52.9. The molecule has 2 atom stereocenters. The first-order valence-electron chi connectivity index (χ1n) is 32.8. The fourth-order valence-corrected chi connectivity index (χ4v) is 10.1. The largest absolute Gasteiger partial charge is 0.466 e. The molecule has 6 heteroatoms. The van der Waals surface area contributed by atoms with E-state index in [1.54, 1.807) is 6.08 Å². The van der Waals surface area contributed by atoms with Crippen molar-refractivity contribution >= 4 is 11.9 Å². The van der Waals surface area contributed by atoms with Crippen LogP contribution in [0.3, 0.4) is 0 Å². The summed E-state index contributed by atoms with van der Waals surface area (Å²) in [6.45, 7) is 4.90. The molecule has 2 unspecified atom stereocenters. The van der Waals surface area contributed by atoms with E-state index in [0.29, 0.717) is 19.4 Å². The quantitative estimate of drug-likeness (QED) is 0.0320. The van der Waals surface area contributed by atoms with Gasteiger partial charge in [-0.15, -0.1) is 0 Å². The van der Waals surface area contributed by atoms with E-state index in [-0.39, 0.29) is 18.5 Å². The number of carbonyl (C=O) groups excluding carboxylic acids is 2. The first-order valence-corrected chi connectivity index (χ1v) is 32.8. The van der Waals surface area contributed by atoms with E-state index in [1.807, 2.05) is 6.08 Å². The van der Waals surface area contributed by atoms with Crippen molar-refractivity contribution in [3.63, 3.8) is 0 Å². The smallest absolute Gasteiger partial charge is 0.305 e. The summed E-state index contributed by atoms with van der Waals surface area (Å²) in [7, 11) is 0. The summed E-state index contributed by atoms with van der Waals surface area (Å²) in [6.07, 6.45) is 79.1. The van der Waals surface area contributed by atoms with Crippen LogP contribution in [-0.4, -0.2) is 47.4 Å². The number of amides is 1. The molecule has 0 aliphatic heterocycles. The van der Waals surface area contributed by atoms with Crippen LogP contribution < -0.4 is 5.32 Å². The lowest BCUT2D eigenvalue weighted by atomic mass is 10.0. The van der Waals surface area contributed by atoms with E-state index in [2.05, 4.69) is 43.5 Å². The van der Waals surface area contributed by atoms with Crippen LogP contribution in [0.15, 0.2) is 36.5 Å². The van der Waals surface area contributed by atoms with Crippen LogP contribution in [0.1, 0.15) is 354 Å². The van der Waals surface area contributed by atoms with Crippen molar-refractivity contribution < 1.29 is 24.5 Å². The van der Waals surface area contributed by atoms with E-state index in [4.69, 9.17) is 4.74 Å². The Bertz CT molecular complexity index is 1180. The molecular formula is C67H127NO5. The van der Waals surface area contributed by atoms with Gasteiger partial charge in [-0.3, -0.25) is 9.59 Å². The lowest BCUT2D eigenvalue weighted by molar-refractivity contribution is -0.143. The van der Waals surface area contributed by atoms with Gasteiger partial charge in [-0.1, -0.05) is 314 Å². The highest BCUT2D eigenvalue weighted by molar-refractivity contribution is 5.76. The normalized spacial score (nSPS) is 12.8. The van der Waals surface area contributed by atoms with E-state index < -0.39 is 12.1 Å². The molecule has 0 aromatic carbocycles. The summed E-state index contributed by atoms with van der Waals surface area (Å²) in [5, 5.41) is 23.2. The van der Waals surface area contributed by atoms with Crippen molar-refractivity contribution in [2.24, 2.45) is 0 Å². The Morgan fingerprint density at radius 1 is 0.384 bits per heavy atom. The lowest BCUT2D eigenvalue weighted by Crippen LogP contribution is -2.45. The molecule has 0 aromatic heterocycles. The van der Waals surface area contributed by atoms with Crippen LogP contribution in [0.2, 0.25) is 0 Å². The Morgan fingerprint density at radius 3 is 1.07 bits per heavy atom. The molecule has 0 aliphatic carbocycles. The predicted molar refractivity (Wildman–Crippen MR) is 319 cm³/mol. The Hall–Kier alpha value is -1.92. The molecule has 0 bridgehead atoms. The summed E-state index contributed by atoms with van der Waals surface area (Å²) in [4.78, 5) is 24.6. The number of aliphatic hydroxyl groups excluding tert-OH is 2. The third-order valence-electron chi connectivity index (χ3n) is 15.2. The van der Waals surface area contributed by atoms with Crippen LogP contribution in [-0.2, 0) is 14.3 Å². The zero-order valence-corrected chi connectivity index (χ0v) is 49.1. The number of nitrogens with one attached hydrogen (secondary N) is 1. The van der Waals surface area contributed by atoms with E-state index >= 15 is 0 Å². The molecule has 0 saturated carbocycles. The van der Waals surface area contributed by atoms with E-state index in [0.717, 1.165) is 51.4 Å². The summed E-state index contributed by atoms with van der Waals surface area (Å²) in [5.41, 5.74) is 0. The molecule has 430 valence electrons. The van der Waals surface area contributed by atoms with Gasteiger partial charge in [0.25, 0.3) is 0 Å². The molecule has 6 nitrogen and oxygen atoms in total. The Morgan fingerprint density at radius 2 is 0.685 bits per heavy atom. The first kappa shape index (κ1) is 71.1. The highest BCUT2D eigenvalue weighted by Gasteiger charge is 2.18. The molecule has 0 heterocycles. The molecule has 0 spiro atoms. The second-order valence-corrected chi connectivity index (χ2v) is 22.5. The average Bonchev–Trinajstić information content (AvgIpc) is 3.39. The van der Waals surface area contributed by atoms with Gasteiger partial charge in [0, 0.05) is 12.8 Å². The summed E-state index contributed by atoms with van der Waals surface area (Å²) >= 11 is 0. The van der Waals surface area contributed by atoms with E-state index in [9.17, 15) is 19.8 Å². The zero-order valence-electron chi connectivity index (χ0n) is 49.1. The minimum Gasteiger partial charge on any atom is -0.466 e. The molecule has 0 rings (SSSR count). The number of hydrogen-bond acceptors (Lipinski definition) is 5. The minimum atomic E-state index is -0.844. The van der Waals surface area contributed by atoms with Crippen molar-refractivity contribution in [3.05, 3.63) is 36.5 Å². The number of rotatable bonds is 61. The molecule has 0 aliphatic rings. The van der Waals surface area contributed by atoms with Gasteiger partial charge in [0.1, 0.15) is 0 Å². The second-order valence-electron chi connectivity index (χ2n) is 22.5. The third-order valence-corrected chi connectivity index (χ3v) is 15.2. The average molecular weight is 1030 g/mol. The molecule has 0 fully saturated rings. The summed E-state index contributed by atoms with van der Waals surface area (Å²) in [6, 6.07) is -0.628. The van der Waals surface area contributed by atoms with Gasteiger partial charge in [0.15, 0.2) is 0 Å². The molecular weight excluding hydrogens is 899 g/mol. The number of carbonyl (C=O) groups is 2. The summed E-state index contributed by atoms with van der Waals surface area (Å²) in [5.74, 6) is -0.0593. The fourth-order valence-electron chi connectivity index (χ4n) is 10.1. The highest BCUT2D eigenvalue weighted by atomic mass is 16.5. The van der Waals surface area contributed by atoms with Crippen molar-refractivity contribution in [1.29, 1.82) is 0 Å². The molecule has 0 saturated heterocycles. The van der Waals surface area contributed by atoms with E-state index in [1.165, 1.54) is 276 Å². The third kappa shape index (κ3) is 59.2. The number of hydrogen-bond donors (Lipinski definition) is 3. The molecule has 1 amide bonds. The standard InChI is InChI=1S/C67H127NO5/c1-3-5-7-9-11-13-15-17-19-28-33-37-41-45-49-53-57-61-67(72)73-62-58-54-50-46-42-38-34-30-27-25-23-21-22-24-26-29-32-36-40-44-48-52-56-60-66(71)68-64(63-69)65(70)59-55-51-47-43-39-35-31-20-18-16-14-12-10-8-6-4-2/h11,13,17,19,55,59,64-65,69-70H,3-10,12,14-16,18,20-54,56-58,60-63H2,1-2H3,(H,68,71)/b13-11-,19-17-,59-55+. The maximum absolute atomic E-state index is 12.5. The van der Waals surface area contributed by atoms with Gasteiger partial charge < -0.3 is 20.3 Å². The number of esters is 1. The fraction of sp³-hybridized carbons (Fsp3) is 0.881. The van der Waals surface area contributed by atoms with Gasteiger partial charge in [-0.05, 0) is 64.2 Å². The van der Waals surface area contributed by atoms with Crippen LogP contribution in [0.4, 0.5) is 0 Å². The molecule has 0 aromatic rings. The maximum Gasteiger partial charge on any atom is 0.305 e. The van der Waals surface area contributed by atoms with Gasteiger partial charge in [0.2, 0.25) is 5.91 Å². The topological polar surface area (TPSA) is 95.9 Å². The van der Waals surface area contributed by atoms with Crippen LogP contribution >= 0.6 is 0 Å². The monoisotopic (exact) mass is 1030 g/mol. The minimum absolute atomic E-state index is 0.00636. The van der Waals surface area contributed by atoms with Crippen molar-refractivity contribution in [2.75, 3.05) is 13.2 Å². The second kappa shape index (κ2) is 62.6. The lowest BCUT2D eigenvalue weighted by Gasteiger charge is -2.20. The van der Waals surface area contributed by atoms with Crippen molar-refractivity contribution in [1.82, 2.24) is 5.32 Å². The maximum atomic E-state index is 12.5.